The van der Waals surface area contributed by atoms with Gasteiger partial charge in [-0.15, -0.1) is 0 Å². The Morgan fingerprint density at radius 2 is 1.86 bits per heavy atom. The zero-order valence-corrected chi connectivity index (χ0v) is 9.02. The third kappa shape index (κ3) is 8.99. The maximum Gasteiger partial charge on any atom is 0.318 e. The van der Waals surface area contributed by atoms with E-state index in [2.05, 4.69) is 26.1 Å². The Kier molecular flexibility index (Phi) is 5.15. The van der Waals surface area contributed by atoms with Crippen LogP contribution in [0.1, 0.15) is 27.2 Å². The fourth-order valence-corrected chi connectivity index (χ4v) is 0.847. The summed E-state index contributed by atoms with van der Waals surface area (Å²) >= 11 is 0. The van der Waals surface area contributed by atoms with Gasteiger partial charge in [-0.2, -0.15) is 0 Å². The van der Waals surface area contributed by atoms with Crippen molar-refractivity contribution in [2.24, 2.45) is 11.1 Å². The van der Waals surface area contributed by atoms with Crippen molar-refractivity contribution in [1.29, 1.82) is 0 Å². The number of carbonyl (C=O) groups is 2. The lowest BCUT2D eigenvalue weighted by Crippen LogP contribution is -2.41. The number of hydrogen-bond acceptors (Lipinski definition) is 3. The smallest absolute Gasteiger partial charge is 0.318 e. The number of amides is 3. The van der Waals surface area contributed by atoms with Crippen LogP contribution in [0.2, 0.25) is 0 Å². The molecular weight excluding hydrogens is 182 g/mol. The molecule has 0 saturated carbocycles. The van der Waals surface area contributed by atoms with E-state index >= 15 is 0 Å². The van der Waals surface area contributed by atoms with Crippen LogP contribution in [-0.2, 0) is 4.79 Å². The van der Waals surface area contributed by atoms with Gasteiger partial charge in [0.25, 0.3) is 0 Å². The van der Waals surface area contributed by atoms with Crippen LogP contribution in [0.5, 0.6) is 0 Å². The Labute approximate surface area is 84.4 Å². The van der Waals surface area contributed by atoms with E-state index in [9.17, 15) is 9.59 Å². The Morgan fingerprint density at radius 3 is 2.29 bits per heavy atom. The van der Waals surface area contributed by atoms with Gasteiger partial charge in [-0.3, -0.25) is 10.1 Å². The van der Waals surface area contributed by atoms with Crippen molar-refractivity contribution in [3.05, 3.63) is 0 Å². The van der Waals surface area contributed by atoms with Gasteiger partial charge in [-0.25, -0.2) is 4.79 Å². The van der Waals surface area contributed by atoms with Gasteiger partial charge in [0.05, 0.1) is 6.54 Å². The second-order valence-electron chi connectivity index (χ2n) is 4.40. The van der Waals surface area contributed by atoms with Crippen molar-refractivity contribution in [3.63, 3.8) is 0 Å². The third-order valence-electron chi connectivity index (χ3n) is 1.60. The Morgan fingerprint density at radius 1 is 1.29 bits per heavy atom. The molecule has 0 aromatic rings. The van der Waals surface area contributed by atoms with Gasteiger partial charge < -0.3 is 11.1 Å². The lowest BCUT2D eigenvalue weighted by Gasteiger charge is -2.17. The highest BCUT2D eigenvalue weighted by atomic mass is 16.2. The first-order chi connectivity index (χ1) is 6.31. The van der Waals surface area contributed by atoms with Gasteiger partial charge in [0, 0.05) is 0 Å². The van der Waals surface area contributed by atoms with E-state index in [0.717, 1.165) is 13.0 Å². The molecule has 0 spiro atoms. The molecule has 3 amide bonds. The fraction of sp³-hybridized carbons (Fsp3) is 0.778. The first kappa shape index (κ1) is 12.9. The van der Waals surface area contributed by atoms with Crippen LogP contribution >= 0.6 is 0 Å². The molecule has 0 bridgehead atoms. The number of primary amides is 1. The molecular formula is C9H19N3O2. The molecule has 0 unspecified atom stereocenters. The van der Waals surface area contributed by atoms with Crippen molar-refractivity contribution in [2.45, 2.75) is 27.2 Å². The average molecular weight is 201 g/mol. The molecule has 82 valence electrons. The molecule has 0 aliphatic carbocycles. The lowest BCUT2D eigenvalue weighted by atomic mass is 9.92. The Bertz CT molecular complexity index is 209. The summed E-state index contributed by atoms with van der Waals surface area (Å²) in [7, 11) is 0. The molecule has 0 aliphatic rings. The highest BCUT2D eigenvalue weighted by molar-refractivity contribution is 5.94. The van der Waals surface area contributed by atoms with Crippen LogP contribution in [0.25, 0.3) is 0 Å². The van der Waals surface area contributed by atoms with E-state index in [1.54, 1.807) is 0 Å². The van der Waals surface area contributed by atoms with Gasteiger partial charge >= 0.3 is 6.03 Å². The minimum atomic E-state index is -0.812. The van der Waals surface area contributed by atoms with Crippen molar-refractivity contribution in [1.82, 2.24) is 10.6 Å². The van der Waals surface area contributed by atoms with Crippen LogP contribution < -0.4 is 16.4 Å². The summed E-state index contributed by atoms with van der Waals surface area (Å²) in [5.74, 6) is -0.397. The van der Waals surface area contributed by atoms with Gasteiger partial charge in [-0.1, -0.05) is 20.8 Å². The van der Waals surface area contributed by atoms with E-state index < -0.39 is 11.9 Å². The molecule has 14 heavy (non-hydrogen) atoms. The topological polar surface area (TPSA) is 84.2 Å². The highest BCUT2D eigenvalue weighted by Crippen LogP contribution is 2.16. The number of carbonyl (C=O) groups excluding carboxylic acids is 2. The van der Waals surface area contributed by atoms with Crippen LogP contribution in [0.3, 0.4) is 0 Å². The quantitative estimate of drug-likeness (QED) is 0.568. The van der Waals surface area contributed by atoms with Crippen molar-refractivity contribution in [3.8, 4) is 0 Å². The van der Waals surface area contributed by atoms with Gasteiger partial charge in [0.2, 0.25) is 5.91 Å². The van der Waals surface area contributed by atoms with E-state index in [1.165, 1.54) is 0 Å². The minimum Gasteiger partial charge on any atom is -0.351 e. The monoisotopic (exact) mass is 201 g/mol. The first-order valence-electron chi connectivity index (χ1n) is 4.61. The molecule has 5 nitrogen and oxygen atoms in total. The summed E-state index contributed by atoms with van der Waals surface area (Å²) in [6, 6.07) is -0.812. The summed E-state index contributed by atoms with van der Waals surface area (Å²) in [6.45, 7) is 7.24. The lowest BCUT2D eigenvalue weighted by molar-refractivity contribution is -0.119. The maximum atomic E-state index is 10.9. The van der Waals surface area contributed by atoms with E-state index in [0.29, 0.717) is 0 Å². The molecule has 0 aromatic heterocycles. The molecule has 0 aliphatic heterocycles. The fourth-order valence-electron chi connectivity index (χ4n) is 0.847. The summed E-state index contributed by atoms with van der Waals surface area (Å²) in [4.78, 5) is 21.2. The molecule has 4 N–H and O–H groups in total. The van der Waals surface area contributed by atoms with Crippen LogP contribution in [0.4, 0.5) is 4.79 Å². The number of urea groups is 1. The Hall–Kier alpha value is -1.10. The molecule has 0 heterocycles. The number of rotatable bonds is 4. The highest BCUT2D eigenvalue weighted by Gasteiger charge is 2.09. The van der Waals surface area contributed by atoms with Gasteiger partial charge in [0.1, 0.15) is 0 Å². The molecule has 5 heteroatoms. The third-order valence-corrected chi connectivity index (χ3v) is 1.60. The summed E-state index contributed by atoms with van der Waals surface area (Å²) in [5, 5.41) is 4.91. The number of nitrogens with two attached hydrogens (primary N) is 1. The average Bonchev–Trinajstić information content (AvgIpc) is 1.95. The van der Waals surface area contributed by atoms with Gasteiger partial charge in [0.15, 0.2) is 0 Å². The molecule has 0 radical (unpaired) electrons. The van der Waals surface area contributed by atoms with Crippen molar-refractivity contribution >= 4 is 11.9 Å². The van der Waals surface area contributed by atoms with Crippen molar-refractivity contribution in [2.75, 3.05) is 13.1 Å². The zero-order valence-electron chi connectivity index (χ0n) is 9.02. The van der Waals surface area contributed by atoms with Crippen molar-refractivity contribution < 1.29 is 9.59 Å². The summed E-state index contributed by atoms with van der Waals surface area (Å²) < 4.78 is 0. The van der Waals surface area contributed by atoms with Crippen LogP contribution in [-0.4, -0.2) is 25.0 Å². The standard InChI is InChI=1S/C9H19N3O2/c1-9(2,3)4-5-11-6-7(13)12-8(10)14/h11H,4-6H2,1-3H3,(H3,10,12,13,14). The predicted molar refractivity (Wildman–Crippen MR) is 54.7 cm³/mol. The molecule has 0 fully saturated rings. The number of imide groups is 1. The molecule has 0 aromatic carbocycles. The molecule has 0 saturated heterocycles. The molecule has 0 rings (SSSR count). The van der Waals surface area contributed by atoms with Crippen LogP contribution in [0, 0.1) is 5.41 Å². The SMILES string of the molecule is CC(C)(C)CCNCC(=O)NC(N)=O. The van der Waals surface area contributed by atoms with E-state index in [-0.39, 0.29) is 12.0 Å². The first-order valence-corrected chi connectivity index (χ1v) is 4.61. The van der Waals surface area contributed by atoms with Gasteiger partial charge in [-0.05, 0) is 18.4 Å². The summed E-state index contributed by atoms with van der Waals surface area (Å²) in [5.41, 5.74) is 5.01. The van der Waals surface area contributed by atoms with E-state index in [4.69, 9.17) is 5.73 Å². The second kappa shape index (κ2) is 5.59. The number of nitrogens with one attached hydrogen (secondary N) is 2. The number of hydrogen-bond donors (Lipinski definition) is 3. The van der Waals surface area contributed by atoms with Crippen LogP contribution in [0.15, 0.2) is 0 Å². The molecule has 0 atom stereocenters. The minimum absolute atomic E-state index is 0.124. The maximum absolute atomic E-state index is 10.9. The predicted octanol–water partition coefficient (Wildman–Crippen LogP) is 0.207. The summed E-state index contributed by atoms with van der Waals surface area (Å²) in [6.07, 6.45) is 0.969. The largest absolute Gasteiger partial charge is 0.351 e. The second-order valence-corrected chi connectivity index (χ2v) is 4.40. The Balaban J connectivity index is 3.46. The van der Waals surface area contributed by atoms with E-state index in [1.807, 2.05) is 5.32 Å². The normalized spacial score (nSPS) is 11.1. The zero-order chi connectivity index (χ0) is 11.2.